The Morgan fingerprint density at radius 3 is 2.68 bits per heavy atom. The number of nitrogens with zero attached hydrogens (tertiary/aromatic N) is 5. The van der Waals surface area contributed by atoms with Crippen LogP contribution < -0.4 is 10.6 Å². The standard InChI is InChI=1S/C31H43ClFN7O2S2/c1-21-19-40(13-12-39(21)5)20-29(41)36-28-17-23(10-11-34-28)35-27-18-26(24-16-22(32)8-9-25(24)33)37-38-30(27)43-15-14-42-44(6,7)31(2,3)4/h8-11,16-18,21H,12-15,19-20H2,1-7H3,(H2,34,35,36,37,41)/t21-/m1/s1. The van der Waals surface area contributed by atoms with Crippen LogP contribution >= 0.6 is 33.7 Å². The van der Waals surface area contributed by atoms with E-state index in [1.54, 1.807) is 24.4 Å². The first-order chi connectivity index (χ1) is 20.7. The molecule has 4 rings (SSSR count). The summed E-state index contributed by atoms with van der Waals surface area (Å²) in [5, 5.41) is 16.1. The normalized spacial score (nSPS) is 17.0. The second-order valence-electron chi connectivity index (χ2n) is 12.3. The predicted octanol–water partition coefficient (Wildman–Crippen LogP) is 6.54. The van der Waals surface area contributed by atoms with Gasteiger partial charge in [0.15, 0.2) is 0 Å². The molecule has 9 nitrogen and oxygen atoms in total. The van der Waals surface area contributed by atoms with E-state index in [4.69, 9.17) is 15.8 Å². The Kier molecular flexibility index (Phi) is 11.5. The second-order valence-corrected chi connectivity index (χ2v) is 17.7. The molecule has 1 amide bonds. The van der Waals surface area contributed by atoms with Crippen molar-refractivity contribution in [3.63, 3.8) is 0 Å². The van der Waals surface area contributed by atoms with E-state index in [2.05, 4.69) is 82.9 Å². The van der Waals surface area contributed by atoms with Gasteiger partial charge in [-0.15, -0.1) is 20.5 Å². The molecule has 2 N–H and O–H groups in total. The lowest BCUT2D eigenvalue weighted by molar-refractivity contribution is -0.117. The second kappa shape index (κ2) is 14.7. The topological polar surface area (TPSA) is 95.5 Å². The number of benzene rings is 1. The zero-order valence-electron chi connectivity index (χ0n) is 26.5. The Morgan fingerprint density at radius 2 is 1.95 bits per heavy atom. The number of hydrogen-bond donors (Lipinski definition) is 2. The van der Waals surface area contributed by atoms with Crippen molar-refractivity contribution >= 4 is 56.8 Å². The quantitative estimate of drug-likeness (QED) is 0.175. The lowest BCUT2D eigenvalue weighted by atomic mass is 10.1. The van der Waals surface area contributed by atoms with Crippen molar-refractivity contribution in [1.82, 2.24) is 25.0 Å². The van der Waals surface area contributed by atoms with E-state index in [1.165, 1.54) is 30.0 Å². The van der Waals surface area contributed by atoms with Gasteiger partial charge in [-0.2, -0.15) is 0 Å². The minimum absolute atomic E-state index is 0.0598. The van der Waals surface area contributed by atoms with E-state index in [9.17, 15) is 9.18 Å². The number of carbonyl (C=O) groups excluding carboxylic acids is 1. The van der Waals surface area contributed by atoms with Crippen LogP contribution in [0.4, 0.5) is 21.6 Å². The van der Waals surface area contributed by atoms with E-state index in [-0.39, 0.29) is 16.2 Å². The molecule has 44 heavy (non-hydrogen) atoms. The number of likely N-dealkylation sites (N-methyl/N-ethyl adjacent to an activating group) is 1. The van der Waals surface area contributed by atoms with Gasteiger partial charge in [0.25, 0.3) is 0 Å². The summed E-state index contributed by atoms with van der Waals surface area (Å²) in [4.78, 5) is 21.6. The Labute approximate surface area is 271 Å². The van der Waals surface area contributed by atoms with Gasteiger partial charge < -0.3 is 19.7 Å². The number of thioether (sulfide) groups is 1. The summed E-state index contributed by atoms with van der Waals surface area (Å²) in [6.45, 7) is 12.2. The number of piperazine rings is 1. The average Bonchev–Trinajstić information content (AvgIpc) is 2.94. The summed E-state index contributed by atoms with van der Waals surface area (Å²) in [6, 6.07) is 10.0. The molecule has 1 fully saturated rings. The Bertz CT molecular complexity index is 1460. The molecule has 13 heteroatoms. The molecule has 1 aliphatic heterocycles. The van der Waals surface area contributed by atoms with Gasteiger partial charge in [0.1, 0.15) is 16.7 Å². The first kappa shape index (κ1) is 34.4. The number of amides is 1. The van der Waals surface area contributed by atoms with Crippen LogP contribution in [-0.4, -0.2) is 99.8 Å². The molecule has 3 aromatic rings. The maximum Gasteiger partial charge on any atom is 0.239 e. The van der Waals surface area contributed by atoms with Crippen LogP contribution in [0.2, 0.25) is 5.02 Å². The molecule has 2 aromatic heterocycles. The molecule has 240 valence electrons. The minimum atomic E-state index is -1.26. The molecule has 1 atom stereocenters. The van der Waals surface area contributed by atoms with Gasteiger partial charge in [-0.1, -0.05) is 44.1 Å². The summed E-state index contributed by atoms with van der Waals surface area (Å²) in [5.41, 5.74) is 1.92. The number of pyridine rings is 1. The summed E-state index contributed by atoms with van der Waals surface area (Å²) < 4.78 is 21.1. The van der Waals surface area contributed by atoms with Crippen LogP contribution in [0.1, 0.15) is 27.7 Å². The van der Waals surface area contributed by atoms with Crippen molar-refractivity contribution in [3.8, 4) is 11.3 Å². The fourth-order valence-corrected chi connectivity index (χ4v) is 6.20. The van der Waals surface area contributed by atoms with Gasteiger partial charge in [-0.3, -0.25) is 9.69 Å². The third kappa shape index (κ3) is 9.27. The maximum atomic E-state index is 14.7. The van der Waals surface area contributed by atoms with Gasteiger partial charge in [-0.05, 0) is 56.8 Å². The van der Waals surface area contributed by atoms with Crippen LogP contribution in [0.5, 0.6) is 0 Å². The van der Waals surface area contributed by atoms with E-state index in [0.717, 1.165) is 19.6 Å². The van der Waals surface area contributed by atoms with Gasteiger partial charge in [0, 0.05) is 64.7 Å². The fraction of sp³-hybridized carbons (Fsp3) is 0.484. The summed E-state index contributed by atoms with van der Waals surface area (Å²) in [7, 11) is 0.843. The molecule has 0 saturated carbocycles. The summed E-state index contributed by atoms with van der Waals surface area (Å²) in [6.07, 6.45) is 5.97. The van der Waals surface area contributed by atoms with Crippen molar-refractivity contribution in [2.24, 2.45) is 0 Å². The first-order valence-corrected chi connectivity index (χ1v) is 18.2. The number of carbonyl (C=O) groups is 1. The highest BCUT2D eigenvalue weighted by Crippen LogP contribution is 2.53. The van der Waals surface area contributed by atoms with Crippen LogP contribution in [0.3, 0.4) is 0 Å². The number of nitrogens with one attached hydrogen (secondary N) is 2. The monoisotopic (exact) mass is 663 g/mol. The third-order valence-corrected chi connectivity index (χ3v) is 12.7. The highest BCUT2D eigenvalue weighted by Gasteiger charge is 2.28. The zero-order valence-corrected chi connectivity index (χ0v) is 28.9. The number of halogens is 2. The zero-order chi connectivity index (χ0) is 32.1. The predicted molar refractivity (Wildman–Crippen MR) is 183 cm³/mol. The van der Waals surface area contributed by atoms with Crippen LogP contribution in [0, 0.1) is 5.82 Å². The molecule has 1 saturated heterocycles. The van der Waals surface area contributed by atoms with Gasteiger partial charge in [0.2, 0.25) is 5.91 Å². The van der Waals surface area contributed by atoms with Crippen molar-refractivity contribution in [2.75, 3.05) is 68.7 Å². The molecule has 1 aromatic carbocycles. The van der Waals surface area contributed by atoms with Crippen molar-refractivity contribution in [1.29, 1.82) is 0 Å². The number of rotatable bonds is 11. The van der Waals surface area contributed by atoms with Crippen molar-refractivity contribution in [2.45, 2.75) is 43.5 Å². The van der Waals surface area contributed by atoms with Gasteiger partial charge in [-0.25, -0.2) is 9.37 Å². The van der Waals surface area contributed by atoms with Crippen LogP contribution in [0.25, 0.3) is 11.3 Å². The molecule has 0 bridgehead atoms. The van der Waals surface area contributed by atoms with Gasteiger partial charge >= 0.3 is 0 Å². The summed E-state index contributed by atoms with van der Waals surface area (Å²) in [5.74, 6) is 0.524. The molecule has 0 unspecified atom stereocenters. The maximum absolute atomic E-state index is 14.7. The third-order valence-electron chi connectivity index (χ3n) is 7.86. The fourth-order valence-electron chi connectivity index (χ4n) is 4.34. The van der Waals surface area contributed by atoms with Crippen LogP contribution in [0.15, 0.2) is 47.6 Å². The van der Waals surface area contributed by atoms with Crippen molar-refractivity contribution in [3.05, 3.63) is 53.4 Å². The van der Waals surface area contributed by atoms with Gasteiger partial charge in [0.05, 0.1) is 24.5 Å². The smallest absolute Gasteiger partial charge is 0.239 e. The molecular weight excluding hydrogens is 621 g/mol. The number of hydrogen-bond acceptors (Lipinski definition) is 9. The van der Waals surface area contributed by atoms with Crippen LogP contribution in [-0.2, 0) is 8.98 Å². The number of aromatic nitrogens is 3. The number of anilines is 3. The lowest BCUT2D eigenvalue weighted by Gasteiger charge is -2.43. The Balaban J connectivity index is 1.50. The van der Waals surface area contributed by atoms with E-state index in [0.29, 0.717) is 57.9 Å². The lowest BCUT2D eigenvalue weighted by Crippen LogP contribution is -2.51. The van der Waals surface area contributed by atoms with E-state index in [1.807, 2.05) is 0 Å². The first-order valence-electron chi connectivity index (χ1n) is 14.5. The molecule has 3 heterocycles. The molecular formula is C31H43ClFN7O2S2. The van der Waals surface area contributed by atoms with E-state index < -0.39 is 16.1 Å². The largest absolute Gasteiger partial charge is 0.353 e. The highest BCUT2D eigenvalue weighted by molar-refractivity contribution is 8.29. The average molecular weight is 664 g/mol. The van der Waals surface area contributed by atoms with Crippen molar-refractivity contribution < 1.29 is 13.4 Å². The molecule has 0 spiro atoms. The summed E-state index contributed by atoms with van der Waals surface area (Å²) >= 11 is 7.66. The molecule has 0 aliphatic carbocycles. The van der Waals surface area contributed by atoms with E-state index >= 15 is 0 Å². The Hall–Kier alpha value is -2.48. The molecule has 0 radical (unpaired) electrons. The highest BCUT2D eigenvalue weighted by atomic mass is 35.5. The minimum Gasteiger partial charge on any atom is -0.353 e. The molecule has 1 aliphatic rings. The Morgan fingerprint density at radius 1 is 1.18 bits per heavy atom. The SMILES string of the molecule is C[C@@H]1CN(CC(=O)Nc2cc(Nc3cc(-c4cc(Cl)ccc4F)nnc3SCCOS(C)(C)C(C)(C)C)ccn2)CCN1C.